The molecule has 0 spiro atoms. The van der Waals surface area contributed by atoms with Crippen molar-refractivity contribution < 1.29 is 18.3 Å². The van der Waals surface area contributed by atoms with E-state index >= 15 is 0 Å². The van der Waals surface area contributed by atoms with E-state index in [0.717, 1.165) is 17.5 Å². The average Bonchev–Trinajstić information content (AvgIpc) is 2.79. The Kier molecular flexibility index (Phi) is 6.20. The number of para-hydroxylation sites is 1. The van der Waals surface area contributed by atoms with Gasteiger partial charge < -0.3 is 5.11 Å². The lowest BCUT2D eigenvalue weighted by Gasteiger charge is -2.33. The summed E-state index contributed by atoms with van der Waals surface area (Å²) in [6.45, 7) is 1.75. The Bertz CT molecular complexity index is 1150. The van der Waals surface area contributed by atoms with Crippen molar-refractivity contribution in [3.05, 3.63) is 102 Å². The molecule has 1 aliphatic rings. The maximum absolute atomic E-state index is 14.2. The van der Waals surface area contributed by atoms with Crippen LogP contribution in [0.1, 0.15) is 48.3 Å². The molecule has 1 heterocycles. The lowest BCUT2D eigenvalue weighted by Crippen LogP contribution is -2.48. The van der Waals surface area contributed by atoms with Gasteiger partial charge in [0.15, 0.2) is 5.60 Å². The summed E-state index contributed by atoms with van der Waals surface area (Å²) in [6.07, 6.45) is 4.84. The van der Waals surface area contributed by atoms with E-state index < -0.39 is 30.5 Å². The monoisotopic (exact) mass is 437 g/mol. The van der Waals surface area contributed by atoms with Crippen LogP contribution >= 0.6 is 0 Å². The molecule has 0 fully saturated rings. The number of hydrogen-bond donors (Lipinski definition) is 1. The Hall–Kier alpha value is -2.92. The number of aromatic nitrogens is 1. The number of aliphatic hydroxyl groups is 1. The molecule has 2 aromatic carbocycles. The summed E-state index contributed by atoms with van der Waals surface area (Å²) in [4.78, 5) is 4.22. The second-order valence-electron chi connectivity index (χ2n) is 8.62. The van der Waals surface area contributed by atoms with Crippen LogP contribution in [0, 0.1) is 0 Å². The van der Waals surface area contributed by atoms with Crippen molar-refractivity contribution in [1.29, 1.82) is 0 Å². The summed E-state index contributed by atoms with van der Waals surface area (Å²) in [6, 6.07) is 16.3. The lowest BCUT2D eigenvalue weighted by atomic mass is 9.81. The SMILES string of the molecule is CC(CC(O)(Cc1ccnc2ccccc12)C(F)(F)F)c1cccc(C2C=CC=CC2)c1. The number of benzene rings is 2. The van der Waals surface area contributed by atoms with E-state index in [1.807, 2.05) is 36.4 Å². The fourth-order valence-electron chi connectivity index (χ4n) is 4.46. The van der Waals surface area contributed by atoms with Crippen LogP contribution in [0.2, 0.25) is 0 Å². The van der Waals surface area contributed by atoms with Crippen LogP contribution < -0.4 is 0 Å². The van der Waals surface area contributed by atoms with Crippen molar-refractivity contribution in [2.45, 2.75) is 49.8 Å². The largest absolute Gasteiger partial charge is 0.417 e. The Morgan fingerprint density at radius 1 is 1.06 bits per heavy atom. The van der Waals surface area contributed by atoms with E-state index in [4.69, 9.17) is 0 Å². The first-order valence-electron chi connectivity index (χ1n) is 10.8. The van der Waals surface area contributed by atoms with Gasteiger partial charge in [-0.1, -0.05) is 73.7 Å². The summed E-state index contributed by atoms with van der Waals surface area (Å²) in [5, 5.41) is 11.6. The van der Waals surface area contributed by atoms with E-state index in [1.165, 1.54) is 6.20 Å². The molecule has 2 nitrogen and oxygen atoms in total. The topological polar surface area (TPSA) is 33.1 Å². The van der Waals surface area contributed by atoms with E-state index in [1.54, 1.807) is 37.3 Å². The first-order chi connectivity index (χ1) is 15.3. The van der Waals surface area contributed by atoms with E-state index in [-0.39, 0.29) is 5.92 Å². The molecule has 0 aliphatic heterocycles. The van der Waals surface area contributed by atoms with Gasteiger partial charge >= 0.3 is 6.18 Å². The molecule has 4 rings (SSSR count). The van der Waals surface area contributed by atoms with Crippen molar-refractivity contribution >= 4 is 10.9 Å². The van der Waals surface area contributed by atoms with Gasteiger partial charge in [0.05, 0.1) is 5.52 Å². The highest BCUT2D eigenvalue weighted by Crippen LogP contribution is 2.41. The van der Waals surface area contributed by atoms with Crippen molar-refractivity contribution in [1.82, 2.24) is 4.98 Å². The Morgan fingerprint density at radius 2 is 1.88 bits per heavy atom. The third kappa shape index (κ3) is 4.63. The number of rotatable bonds is 6. The highest BCUT2D eigenvalue weighted by molar-refractivity contribution is 5.81. The van der Waals surface area contributed by atoms with Gasteiger partial charge in [0.2, 0.25) is 0 Å². The van der Waals surface area contributed by atoms with Crippen LogP contribution in [0.3, 0.4) is 0 Å². The number of nitrogens with zero attached hydrogens (tertiary/aromatic N) is 1. The lowest BCUT2D eigenvalue weighted by molar-refractivity contribution is -0.263. The Labute approximate surface area is 186 Å². The van der Waals surface area contributed by atoms with Gasteiger partial charge in [-0.05, 0) is 47.6 Å². The standard InChI is InChI=1S/C27H26F3NO/c1-19(21-10-7-11-22(16-21)20-8-3-2-4-9-20)17-26(32,27(28,29)30)18-23-14-15-31-25-13-6-5-12-24(23)25/h2-8,10-16,19-20,32H,9,17-18H2,1H3. The summed E-state index contributed by atoms with van der Waals surface area (Å²) < 4.78 is 42.5. The number of pyridine rings is 1. The molecule has 0 amide bonds. The highest BCUT2D eigenvalue weighted by Gasteiger charge is 2.54. The van der Waals surface area contributed by atoms with Crippen LogP contribution in [-0.4, -0.2) is 21.9 Å². The predicted molar refractivity (Wildman–Crippen MR) is 122 cm³/mol. The van der Waals surface area contributed by atoms with Crippen LogP contribution in [0.25, 0.3) is 10.9 Å². The third-order valence-electron chi connectivity index (χ3n) is 6.28. The number of alkyl halides is 3. The van der Waals surface area contributed by atoms with E-state index in [2.05, 4.69) is 17.1 Å². The quantitative estimate of drug-likeness (QED) is 0.457. The van der Waals surface area contributed by atoms with Crippen molar-refractivity contribution in [2.75, 3.05) is 0 Å². The minimum Gasteiger partial charge on any atom is -0.380 e. The van der Waals surface area contributed by atoms with Crippen molar-refractivity contribution in [3.63, 3.8) is 0 Å². The van der Waals surface area contributed by atoms with Gasteiger partial charge in [0, 0.05) is 23.9 Å². The summed E-state index contributed by atoms with van der Waals surface area (Å²) in [5.74, 6) is -0.255. The van der Waals surface area contributed by atoms with Gasteiger partial charge in [-0.2, -0.15) is 13.2 Å². The van der Waals surface area contributed by atoms with Gasteiger partial charge in [0.1, 0.15) is 0 Å². The van der Waals surface area contributed by atoms with Crippen LogP contribution in [-0.2, 0) is 6.42 Å². The maximum Gasteiger partial charge on any atom is 0.417 e. The first-order valence-corrected chi connectivity index (χ1v) is 10.8. The number of fused-ring (bicyclic) bond motifs is 1. The first kappa shape index (κ1) is 22.3. The fraction of sp³-hybridized carbons (Fsp3) is 0.296. The molecular weight excluding hydrogens is 411 g/mol. The number of allylic oxidation sites excluding steroid dienone is 4. The molecule has 32 heavy (non-hydrogen) atoms. The zero-order chi connectivity index (χ0) is 22.8. The van der Waals surface area contributed by atoms with E-state index in [0.29, 0.717) is 16.5 Å². The Balaban J connectivity index is 1.61. The molecule has 166 valence electrons. The highest BCUT2D eigenvalue weighted by atomic mass is 19.4. The molecule has 1 aromatic heterocycles. The number of halogens is 3. The second kappa shape index (κ2) is 8.91. The smallest absolute Gasteiger partial charge is 0.380 e. The zero-order valence-corrected chi connectivity index (χ0v) is 17.9. The molecule has 0 radical (unpaired) electrons. The molecule has 0 saturated heterocycles. The molecule has 0 saturated carbocycles. The zero-order valence-electron chi connectivity index (χ0n) is 17.9. The van der Waals surface area contributed by atoms with Crippen LogP contribution in [0.5, 0.6) is 0 Å². The van der Waals surface area contributed by atoms with Gasteiger partial charge in [-0.3, -0.25) is 4.98 Å². The predicted octanol–water partition coefficient (Wildman–Crippen LogP) is 6.86. The van der Waals surface area contributed by atoms with Crippen LogP contribution in [0.4, 0.5) is 13.2 Å². The van der Waals surface area contributed by atoms with Crippen molar-refractivity contribution in [2.24, 2.45) is 0 Å². The molecular formula is C27H26F3NO. The van der Waals surface area contributed by atoms with E-state index in [9.17, 15) is 18.3 Å². The minimum atomic E-state index is -4.76. The normalized spacial score (nSPS) is 19.1. The summed E-state index contributed by atoms with van der Waals surface area (Å²) in [7, 11) is 0. The van der Waals surface area contributed by atoms with Gasteiger partial charge in [0.25, 0.3) is 0 Å². The molecule has 3 atom stereocenters. The Morgan fingerprint density at radius 3 is 2.62 bits per heavy atom. The second-order valence-corrected chi connectivity index (χ2v) is 8.62. The van der Waals surface area contributed by atoms with Gasteiger partial charge in [-0.15, -0.1) is 0 Å². The van der Waals surface area contributed by atoms with Gasteiger partial charge in [-0.25, -0.2) is 0 Å². The molecule has 1 N–H and O–H groups in total. The molecule has 3 aromatic rings. The minimum absolute atomic E-state index is 0.219. The maximum atomic E-state index is 14.2. The number of hydrogen-bond acceptors (Lipinski definition) is 2. The summed E-state index contributed by atoms with van der Waals surface area (Å²) >= 11 is 0. The summed E-state index contributed by atoms with van der Waals surface area (Å²) in [5.41, 5.74) is 0.0822. The molecule has 5 heteroatoms. The van der Waals surface area contributed by atoms with Crippen LogP contribution in [0.15, 0.2) is 85.1 Å². The third-order valence-corrected chi connectivity index (χ3v) is 6.28. The molecule has 0 bridgehead atoms. The van der Waals surface area contributed by atoms with Crippen molar-refractivity contribution in [3.8, 4) is 0 Å². The molecule has 3 unspecified atom stereocenters. The molecule has 1 aliphatic carbocycles. The average molecular weight is 438 g/mol. The fourth-order valence-corrected chi connectivity index (χ4v) is 4.46.